The Kier molecular flexibility index (Phi) is 2.78. The molecule has 0 saturated carbocycles. The standard InChI is InChI=1S/C11H13F3N2/c1-8-2-3-10(6-15-8)16-5-4-9(7-16)11(12,13)14/h2-3,6,9H,4-5,7H2,1H3. The summed E-state index contributed by atoms with van der Waals surface area (Å²) in [6, 6.07) is 3.64. The van der Waals surface area contributed by atoms with Crippen LogP contribution < -0.4 is 4.90 Å². The average molecular weight is 230 g/mol. The van der Waals surface area contributed by atoms with Crippen LogP contribution in [0.1, 0.15) is 12.1 Å². The van der Waals surface area contributed by atoms with Crippen LogP contribution in [0.2, 0.25) is 0 Å². The molecule has 2 nitrogen and oxygen atoms in total. The Morgan fingerprint density at radius 1 is 1.38 bits per heavy atom. The molecular weight excluding hydrogens is 217 g/mol. The van der Waals surface area contributed by atoms with Crippen molar-refractivity contribution in [1.82, 2.24) is 4.98 Å². The summed E-state index contributed by atoms with van der Waals surface area (Å²) in [4.78, 5) is 5.83. The third-order valence-corrected chi connectivity index (χ3v) is 2.91. The van der Waals surface area contributed by atoms with Crippen LogP contribution in [-0.4, -0.2) is 24.2 Å². The smallest absolute Gasteiger partial charge is 0.370 e. The molecule has 1 unspecified atom stereocenters. The molecule has 0 spiro atoms. The average Bonchev–Trinajstić information content (AvgIpc) is 2.67. The molecule has 1 aromatic heterocycles. The monoisotopic (exact) mass is 230 g/mol. The third-order valence-electron chi connectivity index (χ3n) is 2.91. The summed E-state index contributed by atoms with van der Waals surface area (Å²) in [6.45, 7) is 2.36. The first-order chi connectivity index (χ1) is 7.47. The van der Waals surface area contributed by atoms with E-state index in [-0.39, 0.29) is 13.0 Å². The molecule has 1 atom stereocenters. The number of hydrogen-bond acceptors (Lipinski definition) is 2. The van der Waals surface area contributed by atoms with Gasteiger partial charge in [0.05, 0.1) is 17.8 Å². The molecule has 1 aromatic rings. The van der Waals surface area contributed by atoms with Gasteiger partial charge in [-0.2, -0.15) is 13.2 Å². The van der Waals surface area contributed by atoms with Gasteiger partial charge < -0.3 is 4.90 Å². The Morgan fingerprint density at radius 2 is 2.12 bits per heavy atom. The van der Waals surface area contributed by atoms with Gasteiger partial charge in [0, 0.05) is 18.8 Å². The molecule has 1 saturated heterocycles. The molecule has 0 N–H and O–H groups in total. The van der Waals surface area contributed by atoms with Gasteiger partial charge in [-0.1, -0.05) is 0 Å². The second-order valence-electron chi connectivity index (χ2n) is 4.13. The van der Waals surface area contributed by atoms with E-state index >= 15 is 0 Å². The first kappa shape index (κ1) is 11.2. The molecule has 1 aliphatic rings. The highest BCUT2D eigenvalue weighted by Crippen LogP contribution is 2.35. The lowest BCUT2D eigenvalue weighted by atomic mass is 10.1. The van der Waals surface area contributed by atoms with E-state index in [0.29, 0.717) is 6.54 Å². The predicted octanol–water partition coefficient (Wildman–Crippen LogP) is 2.78. The van der Waals surface area contributed by atoms with Gasteiger partial charge >= 0.3 is 6.18 Å². The number of alkyl halides is 3. The zero-order valence-corrected chi connectivity index (χ0v) is 8.96. The van der Waals surface area contributed by atoms with Gasteiger partial charge in [-0.15, -0.1) is 0 Å². The maximum atomic E-state index is 12.5. The lowest BCUT2D eigenvalue weighted by Crippen LogP contribution is -2.27. The Labute approximate surface area is 92.1 Å². The number of halogens is 3. The van der Waals surface area contributed by atoms with E-state index in [1.54, 1.807) is 11.1 Å². The fraction of sp³-hybridized carbons (Fsp3) is 0.545. The largest absolute Gasteiger partial charge is 0.393 e. The van der Waals surface area contributed by atoms with Crippen LogP contribution in [0.5, 0.6) is 0 Å². The van der Waals surface area contributed by atoms with E-state index < -0.39 is 12.1 Å². The van der Waals surface area contributed by atoms with Crippen LogP contribution in [0.25, 0.3) is 0 Å². The van der Waals surface area contributed by atoms with Crippen molar-refractivity contribution in [1.29, 1.82) is 0 Å². The van der Waals surface area contributed by atoms with E-state index in [9.17, 15) is 13.2 Å². The van der Waals surface area contributed by atoms with E-state index in [2.05, 4.69) is 4.98 Å². The molecule has 16 heavy (non-hydrogen) atoms. The molecule has 0 amide bonds. The minimum Gasteiger partial charge on any atom is -0.370 e. The minimum atomic E-state index is -4.08. The second kappa shape index (κ2) is 3.96. The fourth-order valence-corrected chi connectivity index (χ4v) is 1.91. The topological polar surface area (TPSA) is 16.1 Å². The molecule has 0 radical (unpaired) electrons. The Morgan fingerprint density at radius 3 is 2.62 bits per heavy atom. The van der Waals surface area contributed by atoms with Crippen LogP contribution in [0.15, 0.2) is 18.3 Å². The van der Waals surface area contributed by atoms with Gasteiger partial charge in [0.1, 0.15) is 0 Å². The van der Waals surface area contributed by atoms with Crippen molar-refractivity contribution in [2.75, 3.05) is 18.0 Å². The first-order valence-corrected chi connectivity index (χ1v) is 5.21. The van der Waals surface area contributed by atoms with Gasteiger partial charge in [-0.25, -0.2) is 0 Å². The van der Waals surface area contributed by atoms with Crippen LogP contribution in [0, 0.1) is 12.8 Å². The molecular formula is C11H13F3N2. The molecule has 1 fully saturated rings. The van der Waals surface area contributed by atoms with Crippen molar-refractivity contribution in [3.05, 3.63) is 24.0 Å². The summed E-state index contributed by atoms with van der Waals surface area (Å²) in [5, 5.41) is 0. The number of pyridine rings is 1. The maximum absolute atomic E-state index is 12.5. The molecule has 1 aliphatic heterocycles. The van der Waals surface area contributed by atoms with E-state index in [4.69, 9.17) is 0 Å². The van der Waals surface area contributed by atoms with Gasteiger partial charge in [-0.05, 0) is 25.5 Å². The van der Waals surface area contributed by atoms with E-state index in [0.717, 1.165) is 11.4 Å². The van der Waals surface area contributed by atoms with E-state index in [1.807, 2.05) is 19.1 Å². The fourth-order valence-electron chi connectivity index (χ4n) is 1.91. The van der Waals surface area contributed by atoms with Gasteiger partial charge in [0.25, 0.3) is 0 Å². The van der Waals surface area contributed by atoms with Gasteiger partial charge in [0.15, 0.2) is 0 Å². The van der Waals surface area contributed by atoms with Crippen molar-refractivity contribution in [3.63, 3.8) is 0 Å². The Balaban J connectivity index is 2.06. The summed E-state index contributed by atoms with van der Waals surface area (Å²) in [5.74, 6) is -1.20. The van der Waals surface area contributed by atoms with Crippen LogP contribution in [-0.2, 0) is 0 Å². The molecule has 0 aliphatic carbocycles. The highest BCUT2D eigenvalue weighted by molar-refractivity contribution is 5.45. The number of nitrogens with zero attached hydrogens (tertiary/aromatic N) is 2. The van der Waals surface area contributed by atoms with Gasteiger partial charge in [0.2, 0.25) is 0 Å². The van der Waals surface area contributed by atoms with Crippen molar-refractivity contribution in [3.8, 4) is 0 Å². The van der Waals surface area contributed by atoms with Crippen LogP contribution in [0.3, 0.4) is 0 Å². The number of hydrogen-bond donors (Lipinski definition) is 0. The summed E-state index contributed by atoms with van der Waals surface area (Å²) in [6.07, 6.45) is -2.27. The lowest BCUT2D eigenvalue weighted by molar-refractivity contribution is -0.168. The number of aromatic nitrogens is 1. The second-order valence-corrected chi connectivity index (χ2v) is 4.13. The predicted molar refractivity (Wildman–Crippen MR) is 55.3 cm³/mol. The zero-order valence-electron chi connectivity index (χ0n) is 8.96. The summed E-state index contributed by atoms with van der Waals surface area (Å²) in [7, 11) is 0. The molecule has 2 heterocycles. The van der Waals surface area contributed by atoms with Crippen LogP contribution >= 0.6 is 0 Å². The molecule has 0 aromatic carbocycles. The highest BCUT2D eigenvalue weighted by Gasteiger charge is 2.43. The first-order valence-electron chi connectivity index (χ1n) is 5.21. The quantitative estimate of drug-likeness (QED) is 0.737. The van der Waals surface area contributed by atoms with Crippen LogP contribution in [0.4, 0.5) is 18.9 Å². The molecule has 88 valence electrons. The van der Waals surface area contributed by atoms with E-state index in [1.165, 1.54) is 0 Å². The Hall–Kier alpha value is -1.26. The third kappa shape index (κ3) is 2.28. The molecule has 2 rings (SSSR count). The summed E-state index contributed by atoms with van der Waals surface area (Å²) >= 11 is 0. The zero-order chi connectivity index (χ0) is 11.8. The summed E-state index contributed by atoms with van der Waals surface area (Å²) < 4.78 is 37.4. The van der Waals surface area contributed by atoms with Crippen molar-refractivity contribution in [2.24, 2.45) is 5.92 Å². The number of aryl methyl sites for hydroxylation is 1. The maximum Gasteiger partial charge on any atom is 0.393 e. The normalized spacial score (nSPS) is 21.5. The minimum absolute atomic E-state index is 0.0498. The molecule has 5 heteroatoms. The summed E-state index contributed by atoms with van der Waals surface area (Å²) in [5.41, 5.74) is 1.65. The number of rotatable bonds is 1. The van der Waals surface area contributed by atoms with Crippen molar-refractivity contribution in [2.45, 2.75) is 19.5 Å². The van der Waals surface area contributed by atoms with Crippen molar-refractivity contribution >= 4 is 5.69 Å². The lowest BCUT2D eigenvalue weighted by Gasteiger charge is -2.19. The molecule has 0 bridgehead atoms. The Bertz CT molecular complexity index is 358. The van der Waals surface area contributed by atoms with Crippen molar-refractivity contribution < 1.29 is 13.2 Å². The number of anilines is 1. The SMILES string of the molecule is Cc1ccc(N2CCC(C(F)(F)F)C2)cn1. The highest BCUT2D eigenvalue weighted by atomic mass is 19.4. The van der Waals surface area contributed by atoms with Gasteiger partial charge in [-0.3, -0.25) is 4.98 Å².